The van der Waals surface area contributed by atoms with Crippen LogP contribution in [0.4, 0.5) is 27.7 Å². The summed E-state index contributed by atoms with van der Waals surface area (Å²) < 4.78 is 0. The van der Waals surface area contributed by atoms with Crippen molar-refractivity contribution in [2.45, 2.75) is 12.8 Å². The number of rotatable bonds is 9. The number of amides is 3. The lowest BCUT2D eigenvalue weighted by molar-refractivity contribution is -0.116. The number of pyridine rings is 2. The fourth-order valence-electron chi connectivity index (χ4n) is 3.84. The minimum Gasteiger partial charge on any atom is -0.465 e. The summed E-state index contributed by atoms with van der Waals surface area (Å²) in [6.07, 6.45) is 4.47. The van der Waals surface area contributed by atoms with Gasteiger partial charge in [-0.25, -0.2) is 9.78 Å². The molecule has 0 atom stereocenters. The highest BCUT2D eigenvalue weighted by atomic mass is 16.4. The first kappa shape index (κ1) is 26.8. The van der Waals surface area contributed by atoms with Crippen molar-refractivity contribution in [3.63, 3.8) is 0 Å². The number of benzene rings is 2. The van der Waals surface area contributed by atoms with Crippen LogP contribution in [0.5, 0.6) is 0 Å². The van der Waals surface area contributed by atoms with Crippen molar-refractivity contribution in [3.8, 4) is 11.1 Å². The molecule has 0 aliphatic rings. The Labute approximate surface area is 225 Å². The van der Waals surface area contributed by atoms with Crippen LogP contribution in [0.1, 0.15) is 22.3 Å². The molecular formula is C29H28N6O4. The number of anilines is 4. The second-order valence-corrected chi connectivity index (χ2v) is 8.98. The summed E-state index contributed by atoms with van der Waals surface area (Å²) in [5.74, 6) is 0.371. The van der Waals surface area contributed by atoms with Crippen molar-refractivity contribution in [1.29, 1.82) is 0 Å². The highest BCUT2D eigenvalue weighted by Gasteiger charge is 2.09. The number of hydrogen-bond acceptors (Lipinski definition) is 6. The number of nitrogens with zero attached hydrogens (tertiary/aromatic N) is 3. The second kappa shape index (κ2) is 12.3. The van der Waals surface area contributed by atoms with Gasteiger partial charge in [-0.3, -0.25) is 19.9 Å². The van der Waals surface area contributed by atoms with Gasteiger partial charge in [-0.15, -0.1) is 0 Å². The molecule has 4 rings (SSSR count). The lowest BCUT2D eigenvalue weighted by Gasteiger charge is -2.11. The molecule has 39 heavy (non-hydrogen) atoms. The molecule has 2 aromatic carbocycles. The summed E-state index contributed by atoms with van der Waals surface area (Å²) in [5, 5.41) is 17.2. The Kier molecular flexibility index (Phi) is 8.47. The summed E-state index contributed by atoms with van der Waals surface area (Å²) in [7, 11) is 3.44. The molecular weight excluding hydrogens is 496 g/mol. The monoisotopic (exact) mass is 524 g/mol. The molecule has 2 aromatic heterocycles. The molecule has 0 spiro atoms. The van der Waals surface area contributed by atoms with Crippen molar-refractivity contribution in [1.82, 2.24) is 14.9 Å². The first-order valence-electron chi connectivity index (χ1n) is 12.2. The van der Waals surface area contributed by atoms with Crippen LogP contribution in [0.2, 0.25) is 0 Å². The summed E-state index contributed by atoms with van der Waals surface area (Å²) in [6.45, 7) is 0. The van der Waals surface area contributed by atoms with Crippen molar-refractivity contribution >= 4 is 40.8 Å². The van der Waals surface area contributed by atoms with E-state index in [1.165, 1.54) is 4.90 Å². The Balaban J connectivity index is 1.32. The molecule has 4 N–H and O–H groups in total. The molecule has 198 valence electrons. The zero-order valence-corrected chi connectivity index (χ0v) is 21.5. The zero-order chi connectivity index (χ0) is 27.8. The van der Waals surface area contributed by atoms with E-state index in [1.54, 1.807) is 69.1 Å². The highest BCUT2D eigenvalue weighted by Crippen LogP contribution is 2.23. The van der Waals surface area contributed by atoms with Crippen LogP contribution >= 0.6 is 0 Å². The highest BCUT2D eigenvalue weighted by molar-refractivity contribution is 5.94. The Hall–Kier alpha value is -5.25. The van der Waals surface area contributed by atoms with E-state index in [0.717, 1.165) is 16.7 Å². The topological polar surface area (TPSA) is 137 Å². The molecule has 2 heterocycles. The quantitative estimate of drug-likeness (QED) is 0.235. The van der Waals surface area contributed by atoms with Crippen LogP contribution in [0, 0.1) is 0 Å². The standard InChI is InChI=1S/C29H28N6O4/c1-35(2)28(37)21-9-7-20(8-10-21)22-11-12-26(31-16-22)32-24-15-25(18-30-17-24)33-27(36)13-6-19-4-3-5-23(14-19)34-29(38)39/h3-5,7-12,14-18,34H,6,13H2,1-2H3,(H,31,32)(H,33,36)(H,38,39). The average Bonchev–Trinajstić information content (AvgIpc) is 2.92. The van der Waals surface area contributed by atoms with Crippen molar-refractivity contribution in [3.05, 3.63) is 96.4 Å². The fourth-order valence-corrected chi connectivity index (χ4v) is 3.84. The van der Waals surface area contributed by atoms with Gasteiger partial charge in [-0.05, 0) is 60.0 Å². The van der Waals surface area contributed by atoms with Gasteiger partial charge in [0.05, 0.1) is 23.8 Å². The van der Waals surface area contributed by atoms with Gasteiger partial charge >= 0.3 is 6.09 Å². The Morgan fingerprint density at radius 3 is 2.26 bits per heavy atom. The molecule has 10 nitrogen and oxygen atoms in total. The van der Waals surface area contributed by atoms with Crippen LogP contribution in [0.3, 0.4) is 0 Å². The molecule has 0 aliphatic heterocycles. The predicted molar refractivity (Wildman–Crippen MR) is 150 cm³/mol. The maximum absolute atomic E-state index is 12.5. The second-order valence-electron chi connectivity index (χ2n) is 8.98. The van der Waals surface area contributed by atoms with E-state index in [2.05, 4.69) is 25.9 Å². The number of carbonyl (C=O) groups excluding carboxylic acids is 2. The first-order valence-corrected chi connectivity index (χ1v) is 12.2. The van der Waals surface area contributed by atoms with Gasteiger partial charge in [0.2, 0.25) is 5.91 Å². The summed E-state index contributed by atoms with van der Waals surface area (Å²) in [4.78, 5) is 45.6. The van der Waals surface area contributed by atoms with Gasteiger partial charge in [0, 0.05) is 43.5 Å². The molecule has 0 saturated carbocycles. The molecule has 4 aromatic rings. The minimum absolute atomic E-state index is 0.0495. The Morgan fingerprint density at radius 1 is 0.821 bits per heavy atom. The summed E-state index contributed by atoms with van der Waals surface area (Å²) in [5.41, 5.74) is 4.98. The molecule has 0 unspecified atom stereocenters. The maximum atomic E-state index is 12.5. The van der Waals surface area contributed by atoms with Crippen LogP contribution < -0.4 is 16.0 Å². The zero-order valence-electron chi connectivity index (χ0n) is 21.5. The molecule has 10 heteroatoms. The maximum Gasteiger partial charge on any atom is 0.409 e. The summed E-state index contributed by atoms with van der Waals surface area (Å²) >= 11 is 0. The molecule has 0 bridgehead atoms. The Bertz CT molecular complexity index is 1470. The van der Waals surface area contributed by atoms with Crippen LogP contribution in [-0.4, -0.2) is 52.0 Å². The lowest BCUT2D eigenvalue weighted by atomic mass is 10.1. The van der Waals surface area contributed by atoms with E-state index < -0.39 is 6.09 Å². The van der Waals surface area contributed by atoms with E-state index in [1.807, 2.05) is 30.3 Å². The number of carboxylic acid groups (broad SMARTS) is 1. The van der Waals surface area contributed by atoms with E-state index in [4.69, 9.17) is 5.11 Å². The van der Waals surface area contributed by atoms with Crippen LogP contribution in [-0.2, 0) is 11.2 Å². The molecule has 0 saturated heterocycles. The molecule has 0 aliphatic carbocycles. The van der Waals surface area contributed by atoms with Gasteiger partial charge in [-0.2, -0.15) is 0 Å². The third-order valence-electron chi connectivity index (χ3n) is 5.75. The number of aryl methyl sites for hydroxylation is 1. The van der Waals surface area contributed by atoms with Crippen molar-refractivity contribution in [2.75, 3.05) is 30.0 Å². The number of nitrogens with one attached hydrogen (secondary N) is 3. The molecule has 3 amide bonds. The van der Waals surface area contributed by atoms with Crippen LogP contribution in [0.15, 0.2) is 85.3 Å². The van der Waals surface area contributed by atoms with Gasteiger partial charge in [0.1, 0.15) is 5.82 Å². The Morgan fingerprint density at radius 2 is 1.56 bits per heavy atom. The third-order valence-corrected chi connectivity index (χ3v) is 5.75. The molecule has 0 radical (unpaired) electrons. The van der Waals surface area contributed by atoms with Gasteiger partial charge in [0.15, 0.2) is 0 Å². The predicted octanol–water partition coefficient (Wildman–Crippen LogP) is 5.25. The average molecular weight is 525 g/mol. The SMILES string of the molecule is CN(C)C(=O)c1ccc(-c2ccc(Nc3cncc(NC(=O)CCc4cccc(NC(=O)O)c4)c3)nc2)cc1. The van der Waals surface area contributed by atoms with Crippen molar-refractivity contribution in [2.24, 2.45) is 0 Å². The van der Waals surface area contributed by atoms with Gasteiger partial charge in [-0.1, -0.05) is 24.3 Å². The molecule has 0 fully saturated rings. The van der Waals surface area contributed by atoms with E-state index in [-0.39, 0.29) is 18.2 Å². The third kappa shape index (κ3) is 7.62. The number of carbonyl (C=O) groups is 3. The summed E-state index contributed by atoms with van der Waals surface area (Å²) in [6, 6.07) is 19.8. The van der Waals surface area contributed by atoms with Crippen molar-refractivity contribution < 1.29 is 19.5 Å². The van der Waals surface area contributed by atoms with Gasteiger partial charge in [0.25, 0.3) is 5.91 Å². The van der Waals surface area contributed by atoms with E-state index >= 15 is 0 Å². The number of hydrogen-bond donors (Lipinski definition) is 4. The smallest absolute Gasteiger partial charge is 0.409 e. The van der Waals surface area contributed by atoms with Crippen LogP contribution in [0.25, 0.3) is 11.1 Å². The lowest BCUT2D eigenvalue weighted by Crippen LogP contribution is -2.21. The fraction of sp³-hybridized carbons (Fsp3) is 0.138. The van der Waals surface area contributed by atoms with E-state index in [9.17, 15) is 14.4 Å². The number of aromatic nitrogens is 2. The van der Waals surface area contributed by atoms with Gasteiger partial charge < -0.3 is 20.6 Å². The first-order chi connectivity index (χ1) is 18.8. The largest absolute Gasteiger partial charge is 0.465 e. The normalized spacial score (nSPS) is 10.4. The van der Waals surface area contributed by atoms with E-state index in [0.29, 0.717) is 34.9 Å². The minimum atomic E-state index is -1.14.